The number of nitrogens with zero attached hydrogens (tertiary/aromatic N) is 2. The van der Waals surface area contributed by atoms with Gasteiger partial charge in [0.25, 0.3) is 0 Å². The Morgan fingerprint density at radius 1 is 1.17 bits per heavy atom. The summed E-state index contributed by atoms with van der Waals surface area (Å²) in [5.41, 5.74) is 1.69. The fraction of sp³-hybridized carbons (Fsp3) is 0.318. The first kappa shape index (κ1) is 21.0. The average molecular weight is 416 g/mol. The second-order valence-corrected chi connectivity index (χ2v) is 7.19. The molecule has 29 heavy (non-hydrogen) atoms. The van der Waals surface area contributed by atoms with Crippen LogP contribution in [0.3, 0.4) is 0 Å². The first-order valence-electron chi connectivity index (χ1n) is 9.65. The molecule has 1 aliphatic rings. The number of amides is 2. The Bertz CT molecular complexity index is 957. The number of fused-ring (bicyclic) bond motifs is 1. The molecule has 1 unspecified atom stereocenters. The van der Waals surface area contributed by atoms with Crippen LogP contribution in [0.1, 0.15) is 37.8 Å². The number of hydrogen-bond donors (Lipinski definition) is 1. The Morgan fingerprint density at radius 2 is 1.90 bits per heavy atom. The Morgan fingerprint density at radius 3 is 2.59 bits per heavy atom. The van der Waals surface area contributed by atoms with Crippen molar-refractivity contribution >= 4 is 34.8 Å². The van der Waals surface area contributed by atoms with Crippen molar-refractivity contribution in [2.24, 2.45) is 4.99 Å². The number of carbonyl (C=O) groups is 2. The number of aliphatic imine (C=N–C) groups is 1. The molecule has 0 aliphatic carbocycles. The zero-order valence-electron chi connectivity index (χ0n) is 16.4. The molecule has 0 saturated carbocycles. The van der Waals surface area contributed by atoms with E-state index in [9.17, 15) is 14.0 Å². The molecule has 1 heterocycles. The van der Waals surface area contributed by atoms with Gasteiger partial charge in [-0.25, -0.2) is 4.39 Å². The van der Waals surface area contributed by atoms with Gasteiger partial charge in [-0.05, 0) is 50.6 Å². The summed E-state index contributed by atoms with van der Waals surface area (Å²) in [6.07, 6.45) is 0.422. The standard InChI is InChI=1S/C22H23ClFN3O2/c1-3-27(4-2)20(28)12-11-19-22(29)26-18-10-9-14(23)13-16(18)21(25-19)15-7-5-6-8-17(15)24/h5-10,13,19H,3-4,11-12H2,1-2H3,(H,26,29). The summed E-state index contributed by atoms with van der Waals surface area (Å²) in [4.78, 5) is 31.5. The van der Waals surface area contributed by atoms with Crippen molar-refractivity contribution in [1.29, 1.82) is 0 Å². The third-order valence-electron chi connectivity index (χ3n) is 4.96. The fourth-order valence-electron chi connectivity index (χ4n) is 3.38. The zero-order valence-corrected chi connectivity index (χ0v) is 17.2. The summed E-state index contributed by atoms with van der Waals surface area (Å²) in [6.45, 7) is 5.04. The minimum atomic E-state index is -0.810. The molecule has 0 aromatic heterocycles. The van der Waals surface area contributed by atoms with E-state index in [-0.39, 0.29) is 30.2 Å². The molecule has 0 bridgehead atoms. The van der Waals surface area contributed by atoms with E-state index in [4.69, 9.17) is 11.6 Å². The monoisotopic (exact) mass is 415 g/mol. The van der Waals surface area contributed by atoms with E-state index in [1.807, 2.05) is 13.8 Å². The molecule has 0 radical (unpaired) electrons. The molecule has 7 heteroatoms. The average Bonchev–Trinajstić information content (AvgIpc) is 2.84. The number of carbonyl (C=O) groups excluding carboxylic acids is 2. The summed E-state index contributed by atoms with van der Waals surface area (Å²) in [6, 6.07) is 10.5. The van der Waals surface area contributed by atoms with Crippen LogP contribution in [0.2, 0.25) is 5.02 Å². The van der Waals surface area contributed by atoms with Crippen LogP contribution in [-0.4, -0.2) is 41.6 Å². The van der Waals surface area contributed by atoms with Gasteiger partial charge in [-0.3, -0.25) is 14.6 Å². The lowest BCUT2D eigenvalue weighted by molar-refractivity contribution is -0.131. The minimum absolute atomic E-state index is 0.0322. The Hall–Kier alpha value is -2.73. The maximum Gasteiger partial charge on any atom is 0.249 e. The second kappa shape index (κ2) is 9.18. The predicted molar refractivity (Wildman–Crippen MR) is 113 cm³/mol. The van der Waals surface area contributed by atoms with E-state index in [1.165, 1.54) is 6.07 Å². The summed E-state index contributed by atoms with van der Waals surface area (Å²) >= 11 is 6.15. The summed E-state index contributed by atoms with van der Waals surface area (Å²) in [5.74, 6) is -0.799. The molecule has 0 fully saturated rings. The number of benzodiazepines with no additional fused rings is 1. The van der Waals surface area contributed by atoms with Crippen LogP contribution in [-0.2, 0) is 9.59 Å². The molecule has 2 aromatic rings. The van der Waals surface area contributed by atoms with Crippen molar-refractivity contribution < 1.29 is 14.0 Å². The number of rotatable bonds is 6. The lowest BCUT2D eigenvalue weighted by atomic mass is 10.00. The van der Waals surface area contributed by atoms with E-state index in [2.05, 4.69) is 10.3 Å². The molecule has 1 N–H and O–H groups in total. The maximum absolute atomic E-state index is 14.6. The quantitative estimate of drug-likeness (QED) is 0.765. The van der Waals surface area contributed by atoms with Gasteiger partial charge in [0.1, 0.15) is 11.9 Å². The van der Waals surface area contributed by atoms with Gasteiger partial charge < -0.3 is 10.2 Å². The van der Waals surface area contributed by atoms with Gasteiger partial charge in [-0.1, -0.05) is 23.7 Å². The van der Waals surface area contributed by atoms with Gasteiger partial charge in [-0.2, -0.15) is 0 Å². The highest BCUT2D eigenvalue weighted by Gasteiger charge is 2.28. The molecule has 3 rings (SSSR count). The van der Waals surface area contributed by atoms with Gasteiger partial charge in [0.15, 0.2) is 0 Å². The van der Waals surface area contributed by atoms with E-state index in [0.29, 0.717) is 35.1 Å². The van der Waals surface area contributed by atoms with Crippen LogP contribution in [0.4, 0.5) is 10.1 Å². The topological polar surface area (TPSA) is 61.8 Å². The molecule has 2 amide bonds. The van der Waals surface area contributed by atoms with E-state index in [0.717, 1.165) is 0 Å². The molecule has 1 aliphatic heterocycles. The van der Waals surface area contributed by atoms with Crippen molar-refractivity contribution in [3.63, 3.8) is 0 Å². The number of anilines is 1. The molecule has 1 atom stereocenters. The van der Waals surface area contributed by atoms with Crippen molar-refractivity contribution in [3.8, 4) is 0 Å². The van der Waals surface area contributed by atoms with Gasteiger partial charge >= 0.3 is 0 Å². The third-order valence-corrected chi connectivity index (χ3v) is 5.19. The normalized spacial score (nSPS) is 15.8. The first-order chi connectivity index (χ1) is 13.9. The van der Waals surface area contributed by atoms with Crippen molar-refractivity contribution in [2.45, 2.75) is 32.7 Å². The van der Waals surface area contributed by atoms with Gasteiger partial charge in [-0.15, -0.1) is 0 Å². The maximum atomic E-state index is 14.6. The summed E-state index contributed by atoms with van der Waals surface area (Å²) < 4.78 is 14.6. The highest BCUT2D eigenvalue weighted by atomic mass is 35.5. The van der Waals surface area contributed by atoms with E-state index in [1.54, 1.807) is 41.3 Å². The smallest absolute Gasteiger partial charge is 0.249 e. The van der Waals surface area contributed by atoms with Crippen LogP contribution >= 0.6 is 11.6 Å². The predicted octanol–water partition coefficient (Wildman–Crippen LogP) is 4.29. The molecule has 2 aromatic carbocycles. The Balaban J connectivity index is 2.00. The van der Waals surface area contributed by atoms with E-state index < -0.39 is 11.9 Å². The largest absolute Gasteiger partial charge is 0.343 e. The van der Waals surface area contributed by atoms with Crippen molar-refractivity contribution in [2.75, 3.05) is 18.4 Å². The van der Waals surface area contributed by atoms with Crippen molar-refractivity contribution in [1.82, 2.24) is 4.90 Å². The van der Waals surface area contributed by atoms with Crippen LogP contribution in [0.15, 0.2) is 47.5 Å². The van der Waals surface area contributed by atoms with E-state index >= 15 is 0 Å². The molecular formula is C22H23ClFN3O2. The second-order valence-electron chi connectivity index (χ2n) is 6.76. The van der Waals surface area contributed by atoms with Crippen molar-refractivity contribution in [3.05, 3.63) is 64.4 Å². The highest BCUT2D eigenvalue weighted by molar-refractivity contribution is 6.32. The molecule has 5 nitrogen and oxygen atoms in total. The number of hydrogen-bond acceptors (Lipinski definition) is 3. The van der Waals surface area contributed by atoms with Crippen LogP contribution < -0.4 is 5.32 Å². The van der Waals surface area contributed by atoms with Crippen LogP contribution in [0.25, 0.3) is 0 Å². The number of nitrogens with one attached hydrogen (secondary N) is 1. The highest BCUT2D eigenvalue weighted by Crippen LogP contribution is 2.29. The van der Waals surface area contributed by atoms with Gasteiger partial charge in [0.05, 0.1) is 11.4 Å². The lowest BCUT2D eigenvalue weighted by Crippen LogP contribution is -2.32. The van der Waals surface area contributed by atoms with Crippen LogP contribution in [0, 0.1) is 5.82 Å². The third kappa shape index (κ3) is 4.65. The molecule has 0 saturated heterocycles. The molecule has 152 valence electrons. The number of halogens is 2. The zero-order chi connectivity index (χ0) is 21.0. The first-order valence-corrected chi connectivity index (χ1v) is 10.0. The summed E-state index contributed by atoms with van der Waals surface area (Å²) in [5, 5.41) is 3.30. The van der Waals surface area contributed by atoms with Gasteiger partial charge in [0, 0.05) is 35.7 Å². The lowest BCUT2D eigenvalue weighted by Gasteiger charge is -2.19. The Labute approximate surface area is 174 Å². The van der Waals surface area contributed by atoms with Gasteiger partial charge in [0.2, 0.25) is 11.8 Å². The summed E-state index contributed by atoms with van der Waals surface area (Å²) in [7, 11) is 0. The SMILES string of the molecule is CCN(CC)C(=O)CCC1N=C(c2ccccc2F)c2cc(Cl)ccc2NC1=O. The minimum Gasteiger partial charge on any atom is -0.343 e. The van der Waals surface area contributed by atoms with Crippen LogP contribution in [0.5, 0.6) is 0 Å². The number of benzene rings is 2. The molecular weight excluding hydrogens is 393 g/mol. The molecule has 0 spiro atoms. The Kier molecular flexibility index (Phi) is 6.64. The fourth-order valence-corrected chi connectivity index (χ4v) is 3.55.